The number of hydrogen-bond donors (Lipinski definition) is 2. The van der Waals surface area contributed by atoms with Crippen LogP contribution in [0.15, 0.2) is 4.90 Å². The summed E-state index contributed by atoms with van der Waals surface area (Å²) in [6.07, 6.45) is 5.91. The maximum atomic E-state index is 12.1. The van der Waals surface area contributed by atoms with Gasteiger partial charge in [0.2, 0.25) is 0 Å². The molecule has 0 aromatic carbocycles. The van der Waals surface area contributed by atoms with Gasteiger partial charge in [0, 0.05) is 23.1 Å². The van der Waals surface area contributed by atoms with Gasteiger partial charge in [-0.05, 0) is 19.3 Å². The highest BCUT2D eigenvalue weighted by Crippen LogP contribution is 2.43. The quantitative estimate of drug-likeness (QED) is 0.565. The maximum Gasteiger partial charge on any atom is 0.273 e. The van der Waals surface area contributed by atoms with E-state index in [2.05, 4.69) is 22.4 Å². The predicted octanol–water partition coefficient (Wildman–Crippen LogP) is 2.52. The van der Waals surface area contributed by atoms with Gasteiger partial charge in [0.05, 0.1) is 5.69 Å². The Morgan fingerprint density at radius 3 is 2.67 bits per heavy atom. The van der Waals surface area contributed by atoms with Gasteiger partial charge in [0.15, 0.2) is 5.69 Å². The molecule has 0 atom stereocenters. The highest BCUT2D eigenvalue weighted by atomic mass is 35.7. The summed E-state index contributed by atoms with van der Waals surface area (Å²) in [5.41, 5.74) is 0.337. The Balaban J connectivity index is 2.07. The molecule has 6 nitrogen and oxygen atoms in total. The standard InChI is InChI=1S/C13H20ClN3O3S/c1-2-3-4-5-8-15-13(18)11-12(21(14,19)20)10(16-17-11)9-6-7-9/h9H,2-8H2,1H3,(H,15,18)(H,16,17). The van der Waals surface area contributed by atoms with Crippen LogP contribution in [0, 0.1) is 0 Å². The lowest BCUT2D eigenvalue weighted by Gasteiger charge is -2.04. The largest absolute Gasteiger partial charge is 0.351 e. The Kier molecular flexibility index (Phi) is 5.27. The third-order valence-electron chi connectivity index (χ3n) is 3.51. The first kappa shape index (κ1) is 16.3. The molecular formula is C13H20ClN3O3S. The Morgan fingerprint density at radius 2 is 2.10 bits per heavy atom. The van der Waals surface area contributed by atoms with Crippen LogP contribution in [0.2, 0.25) is 0 Å². The van der Waals surface area contributed by atoms with E-state index in [1.165, 1.54) is 0 Å². The van der Waals surface area contributed by atoms with Crippen LogP contribution in [0.1, 0.15) is 67.5 Å². The van der Waals surface area contributed by atoms with Gasteiger partial charge in [-0.15, -0.1) is 0 Å². The number of hydrogen-bond acceptors (Lipinski definition) is 4. The summed E-state index contributed by atoms with van der Waals surface area (Å²) in [6.45, 7) is 2.62. The Labute approximate surface area is 129 Å². The molecule has 0 saturated heterocycles. The van der Waals surface area contributed by atoms with Gasteiger partial charge in [0.1, 0.15) is 4.90 Å². The second kappa shape index (κ2) is 6.79. The summed E-state index contributed by atoms with van der Waals surface area (Å²) < 4.78 is 23.4. The van der Waals surface area contributed by atoms with Crippen LogP contribution in [0.3, 0.4) is 0 Å². The van der Waals surface area contributed by atoms with Crippen LogP contribution in [0.4, 0.5) is 0 Å². The first-order chi connectivity index (χ1) is 9.95. The highest BCUT2D eigenvalue weighted by Gasteiger charge is 2.36. The first-order valence-electron chi connectivity index (χ1n) is 7.26. The second-order valence-corrected chi connectivity index (χ2v) is 7.85. The molecule has 1 aliphatic rings. The maximum absolute atomic E-state index is 12.1. The highest BCUT2D eigenvalue weighted by molar-refractivity contribution is 8.13. The summed E-state index contributed by atoms with van der Waals surface area (Å²) in [4.78, 5) is 11.9. The lowest BCUT2D eigenvalue weighted by atomic mass is 10.2. The Hall–Kier alpha value is -1.08. The number of aromatic amines is 1. The van der Waals surface area contributed by atoms with Crippen LogP contribution < -0.4 is 5.32 Å². The van der Waals surface area contributed by atoms with Gasteiger partial charge in [0.25, 0.3) is 15.0 Å². The molecule has 1 fully saturated rings. The van der Waals surface area contributed by atoms with E-state index < -0.39 is 15.0 Å². The molecule has 0 radical (unpaired) electrons. The van der Waals surface area contributed by atoms with Crippen molar-refractivity contribution in [3.05, 3.63) is 11.4 Å². The van der Waals surface area contributed by atoms with Crippen LogP contribution in [0.25, 0.3) is 0 Å². The van der Waals surface area contributed by atoms with Gasteiger partial charge in [-0.25, -0.2) is 8.42 Å². The van der Waals surface area contributed by atoms with E-state index in [1.54, 1.807) is 0 Å². The minimum Gasteiger partial charge on any atom is -0.351 e. The molecule has 21 heavy (non-hydrogen) atoms. The van der Waals surface area contributed by atoms with Crippen molar-refractivity contribution in [1.82, 2.24) is 15.5 Å². The monoisotopic (exact) mass is 333 g/mol. The summed E-state index contributed by atoms with van der Waals surface area (Å²) in [5, 5.41) is 9.22. The average molecular weight is 334 g/mol. The van der Waals surface area contributed by atoms with Crippen molar-refractivity contribution in [1.29, 1.82) is 0 Å². The number of amides is 1. The molecule has 0 aliphatic heterocycles. The fourth-order valence-electron chi connectivity index (χ4n) is 2.23. The van der Waals surface area contributed by atoms with Gasteiger partial charge in [-0.1, -0.05) is 26.2 Å². The molecule has 1 heterocycles. The number of unbranched alkanes of at least 4 members (excludes halogenated alkanes) is 3. The third kappa shape index (κ3) is 4.20. The van der Waals surface area contributed by atoms with Crippen molar-refractivity contribution >= 4 is 25.6 Å². The molecule has 2 N–H and O–H groups in total. The Morgan fingerprint density at radius 1 is 1.38 bits per heavy atom. The van der Waals surface area contributed by atoms with E-state index in [0.717, 1.165) is 38.5 Å². The number of H-pyrrole nitrogens is 1. The van der Waals surface area contributed by atoms with E-state index in [0.29, 0.717) is 12.2 Å². The number of halogens is 1. The van der Waals surface area contributed by atoms with E-state index in [4.69, 9.17) is 10.7 Å². The number of carbonyl (C=O) groups is 1. The molecule has 0 unspecified atom stereocenters. The molecule has 2 rings (SSSR count). The molecular weight excluding hydrogens is 314 g/mol. The van der Waals surface area contributed by atoms with E-state index in [-0.39, 0.29) is 16.5 Å². The van der Waals surface area contributed by atoms with Crippen molar-refractivity contribution in [2.45, 2.75) is 56.3 Å². The van der Waals surface area contributed by atoms with Crippen molar-refractivity contribution in [3.8, 4) is 0 Å². The molecule has 8 heteroatoms. The summed E-state index contributed by atoms with van der Waals surface area (Å²) in [7, 11) is 1.47. The number of nitrogens with zero attached hydrogens (tertiary/aromatic N) is 1. The minimum atomic E-state index is -3.99. The van der Waals surface area contributed by atoms with E-state index in [1.807, 2.05) is 0 Å². The SMILES string of the molecule is CCCCCCNC(=O)c1n[nH]c(C2CC2)c1S(=O)(=O)Cl. The molecule has 118 valence electrons. The third-order valence-corrected chi connectivity index (χ3v) is 4.87. The van der Waals surface area contributed by atoms with Crippen molar-refractivity contribution < 1.29 is 13.2 Å². The van der Waals surface area contributed by atoms with Crippen LogP contribution in [-0.2, 0) is 9.05 Å². The van der Waals surface area contributed by atoms with Gasteiger partial charge >= 0.3 is 0 Å². The second-order valence-electron chi connectivity index (χ2n) is 5.34. The van der Waals surface area contributed by atoms with Crippen molar-refractivity contribution in [2.24, 2.45) is 0 Å². The average Bonchev–Trinajstić information content (AvgIpc) is 3.15. The number of nitrogens with one attached hydrogen (secondary N) is 2. The lowest BCUT2D eigenvalue weighted by molar-refractivity contribution is 0.0944. The zero-order valence-electron chi connectivity index (χ0n) is 12.0. The molecule has 1 aliphatic carbocycles. The van der Waals surface area contributed by atoms with Gasteiger partial charge in [-0.2, -0.15) is 5.10 Å². The fraction of sp³-hybridized carbons (Fsp3) is 0.692. The molecule has 1 aromatic rings. The van der Waals surface area contributed by atoms with Crippen LogP contribution in [-0.4, -0.2) is 31.1 Å². The summed E-state index contributed by atoms with van der Waals surface area (Å²) >= 11 is 0. The molecule has 1 saturated carbocycles. The topological polar surface area (TPSA) is 91.9 Å². The Bertz CT molecular complexity index is 608. The smallest absolute Gasteiger partial charge is 0.273 e. The fourth-order valence-corrected chi connectivity index (χ4v) is 3.54. The number of carbonyl (C=O) groups excluding carboxylic acids is 1. The van der Waals surface area contributed by atoms with Gasteiger partial charge in [-0.3, -0.25) is 9.89 Å². The molecule has 0 bridgehead atoms. The number of aromatic nitrogens is 2. The van der Waals surface area contributed by atoms with E-state index >= 15 is 0 Å². The van der Waals surface area contributed by atoms with Crippen LogP contribution >= 0.6 is 10.7 Å². The number of rotatable bonds is 8. The zero-order chi connectivity index (χ0) is 15.5. The summed E-state index contributed by atoms with van der Waals surface area (Å²) in [6, 6.07) is 0. The molecule has 1 aromatic heterocycles. The first-order valence-corrected chi connectivity index (χ1v) is 9.57. The van der Waals surface area contributed by atoms with Crippen molar-refractivity contribution in [2.75, 3.05) is 6.54 Å². The normalized spacial score (nSPS) is 15.1. The molecule has 1 amide bonds. The lowest BCUT2D eigenvalue weighted by Crippen LogP contribution is -2.26. The minimum absolute atomic E-state index is 0.118. The van der Waals surface area contributed by atoms with Crippen molar-refractivity contribution in [3.63, 3.8) is 0 Å². The molecule has 0 spiro atoms. The summed E-state index contributed by atoms with van der Waals surface area (Å²) in [5.74, 6) is -0.374. The van der Waals surface area contributed by atoms with Crippen LogP contribution in [0.5, 0.6) is 0 Å². The van der Waals surface area contributed by atoms with E-state index in [9.17, 15) is 13.2 Å². The zero-order valence-corrected chi connectivity index (χ0v) is 13.6. The predicted molar refractivity (Wildman–Crippen MR) is 80.1 cm³/mol. The van der Waals surface area contributed by atoms with Gasteiger partial charge < -0.3 is 5.32 Å².